The summed E-state index contributed by atoms with van der Waals surface area (Å²) in [5.41, 5.74) is 6.69. The first-order valence-electron chi connectivity index (χ1n) is 6.75. The predicted octanol–water partition coefficient (Wildman–Crippen LogP) is 3.03. The maximum atomic E-state index is 12.1. The van der Waals surface area contributed by atoms with Crippen molar-refractivity contribution >= 4 is 22.4 Å². The second-order valence-electron chi connectivity index (χ2n) is 4.51. The van der Waals surface area contributed by atoms with Crippen LogP contribution < -0.4 is 10.5 Å². The molecule has 0 amide bonds. The molecule has 3 nitrogen and oxygen atoms in total. The van der Waals surface area contributed by atoms with Gasteiger partial charge in [0.15, 0.2) is 0 Å². The minimum Gasteiger partial charge on any atom is -0.493 e. The molecule has 1 atom stereocenters. The van der Waals surface area contributed by atoms with E-state index in [4.69, 9.17) is 22.1 Å². The molecular weight excluding hydrogens is 306 g/mol. The molecule has 2 aromatic rings. The fourth-order valence-corrected chi connectivity index (χ4v) is 3.26. The van der Waals surface area contributed by atoms with Gasteiger partial charge in [-0.25, -0.2) is 0 Å². The van der Waals surface area contributed by atoms with Crippen LogP contribution in [0.25, 0.3) is 0 Å². The Labute approximate surface area is 132 Å². The van der Waals surface area contributed by atoms with Gasteiger partial charge in [-0.15, -0.1) is 0 Å². The fraction of sp³-hybridized carbons (Fsp3) is 0.250. The van der Waals surface area contributed by atoms with Gasteiger partial charge < -0.3 is 10.5 Å². The lowest BCUT2D eigenvalue weighted by Crippen LogP contribution is -2.09. The molecule has 1 unspecified atom stereocenters. The zero-order valence-corrected chi connectivity index (χ0v) is 13.2. The van der Waals surface area contributed by atoms with Crippen LogP contribution in [-0.2, 0) is 17.2 Å². The third-order valence-corrected chi connectivity index (χ3v) is 4.80. The van der Waals surface area contributed by atoms with E-state index in [1.165, 1.54) is 5.56 Å². The van der Waals surface area contributed by atoms with Crippen LogP contribution in [0.4, 0.5) is 0 Å². The van der Waals surface area contributed by atoms with Crippen LogP contribution >= 0.6 is 11.6 Å². The van der Waals surface area contributed by atoms with Crippen LogP contribution in [0, 0.1) is 0 Å². The maximum Gasteiger partial charge on any atom is 0.119 e. The van der Waals surface area contributed by atoms with Gasteiger partial charge in [-0.1, -0.05) is 35.9 Å². The Morgan fingerprint density at radius 3 is 2.48 bits per heavy atom. The summed E-state index contributed by atoms with van der Waals surface area (Å²) in [6, 6.07) is 15.0. The monoisotopic (exact) mass is 323 g/mol. The van der Waals surface area contributed by atoms with Crippen molar-refractivity contribution in [3.8, 4) is 5.75 Å². The summed E-state index contributed by atoms with van der Waals surface area (Å²) in [6.45, 7) is 1.02. The average molecular weight is 324 g/mol. The summed E-state index contributed by atoms with van der Waals surface area (Å²) in [5.74, 6) is 1.18. The molecule has 2 aromatic carbocycles. The highest BCUT2D eigenvalue weighted by molar-refractivity contribution is 7.85. The molecular formula is C16H18ClNO2S. The van der Waals surface area contributed by atoms with Crippen molar-refractivity contribution < 1.29 is 8.95 Å². The van der Waals surface area contributed by atoms with E-state index in [0.29, 0.717) is 28.8 Å². The molecule has 2 rings (SSSR count). The van der Waals surface area contributed by atoms with Crippen molar-refractivity contribution in [3.63, 3.8) is 0 Å². The van der Waals surface area contributed by atoms with Crippen LogP contribution in [0.3, 0.4) is 0 Å². The minimum absolute atomic E-state index is 0.383. The van der Waals surface area contributed by atoms with E-state index in [0.717, 1.165) is 12.2 Å². The van der Waals surface area contributed by atoms with E-state index in [2.05, 4.69) is 0 Å². The molecule has 0 spiro atoms. The molecule has 0 fully saturated rings. The molecule has 0 aliphatic heterocycles. The van der Waals surface area contributed by atoms with Gasteiger partial charge in [0, 0.05) is 0 Å². The van der Waals surface area contributed by atoms with Crippen LogP contribution in [0.2, 0.25) is 5.02 Å². The Balaban J connectivity index is 1.84. The van der Waals surface area contributed by atoms with Crippen molar-refractivity contribution in [2.75, 3.05) is 18.9 Å². The van der Waals surface area contributed by atoms with Gasteiger partial charge in [-0.2, -0.15) is 0 Å². The second kappa shape index (κ2) is 8.17. The predicted molar refractivity (Wildman–Crippen MR) is 87.4 cm³/mol. The lowest BCUT2D eigenvalue weighted by molar-refractivity contribution is 0.342. The van der Waals surface area contributed by atoms with Gasteiger partial charge in [0.2, 0.25) is 0 Å². The van der Waals surface area contributed by atoms with Crippen molar-refractivity contribution in [2.24, 2.45) is 5.73 Å². The molecule has 2 N–H and O–H groups in total. The maximum absolute atomic E-state index is 12.1. The Bertz CT molecular complexity index is 601. The normalized spacial score (nSPS) is 12.1. The van der Waals surface area contributed by atoms with Gasteiger partial charge in [0.25, 0.3) is 0 Å². The highest BCUT2D eigenvalue weighted by atomic mass is 35.5. The molecule has 5 heteroatoms. The number of hydrogen-bond acceptors (Lipinski definition) is 3. The molecule has 21 heavy (non-hydrogen) atoms. The third kappa shape index (κ3) is 4.84. The summed E-state index contributed by atoms with van der Waals surface area (Å²) >= 11 is 6.02. The molecule has 0 bridgehead atoms. The first-order chi connectivity index (χ1) is 10.2. The largest absolute Gasteiger partial charge is 0.493 e. The summed E-state index contributed by atoms with van der Waals surface area (Å²) in [7, 11) is -1.15. The van der Waals surface area contributed by atoms with E-state index in [1.807, 2.05) is 36.4 Å². The first-order valence-corrected chi connectivity index (χ1v) is 8.45. The van der Waals surface area contributed by atoms with Crippen molar-refractivity contribution in [1.82, 2.24) is 0 Å². The van der Waals surface area contributed by atoms with E-state index in [1.54, 1.807) is 12.1 Å². The Kier molecular flexibility index (Phi) is 6.23. The Morgan fingerprint density at radius 1 is 1.10 bits per heavy atom. The summed E-state index contributed by atoms with van der Waals surface area (Å²) < 4.78 is 17.7. The van der Waals surface area contributed by atoms with Crippen LogP contribution in [0.1, 0.15) is 5.56 Å². The van der Waals surface area contributed by atoms with Gasteiger partial charge in [0.1, 0.15) is 12.4 Å². The minimum atomic E-state index is -1.15. The van der Waals surface area contributed by atoms with Gasteiger partial charge in [-0.05, 0) is 42.8 Å². The standard InChI is InChI=1S/C16H18ClNO2S/c17-15-3-1-2-4-16(15)21(19)12-11-20-14-7-5-13(6-8-14)9-10-18/h1-8H,9-12,18H2. The van der Waals surface area contributed by atoms with E-state index in [-0.39, 0.29) is 0 Å². The molecule has 0 aliphatic carbocycles. The smallest absolute Gasteiger partial charge is 0.119 e. The third-order valence-electron chi connectivity index (χ3n) is 2.98. The number of hydrogen-bond donors (Lipinski definition) is 1. The number of nitrogens with two attached hydrogens (primary N) is 1. The van der Waals surface area contributed by atoms with Gasteiger partial charge in [0.05, 0.1) is 26.5 Å². The zero-order chi connectivity index (χ0) is 15.1. The molecule has 0 aromatic heterocycles. The van der Waals surface area contributed by atoms with E-state index < -0.39 is 10.8 Å². The Morgan fingerprint density at radius 2 is 1.81 bits per heavy atom. The summed E-state index contributed by atoms with van der Waals surface area (Å²) in [4.78, 5) is 0.654. The van der Waals surface area contributed by atoms with E-state index in [9.17, 15) is 4.21 Å². The molecule has 112 valence electrons. The highest BCUT2D eigenvalue weighted by Gasteiger charge is 2.08. The van der Waals surface area contributed by atoms with Crippen molar-refractivity contribution in [2.45, 2.75) is 11.3 Å². The van der Waals surface area contributed by atoms with Crippen molar-refractivity contribution in [1.29, 1.82) is 0 Å². The Hall–Kier alpha value is -1.36. The number of ether oxygens (including phenoxy) is 1. The quantitative estimate of drug-likeness (QED) is 0.852. The highest BCUT2D eigenvalue weighted by Crippen LogP contribution is 2.19. The van der Waals surface area contributed by atoms with Crippen molar-refractivity contribution in [3.05, 3.63) is 59.1 Å². The van der Waals surface area contributed by atoms with Crippen LogP contribution in [-0.4, -0.2) is 23.1 Å². The summed E-state index contributed by atoms with van der Waals surface area (Å²) in [6.07, 6.45) is 0.858. The SMILES string of the molecule is NCCc1ccc(OCCS(=O)c2ccccc2Cl)cc1. The first kappa shape index (κ1) is 16.0. The molecule has 0 heterocycles. The number of rotatable bonds is 7. The van der Waals surface area contributed by atoms with Crippen LogP contribution in [0.5, 0.6) is 5.75 Å². The zero-order valence-electron chi connectivity index (χ0n) is 11.6. The topological polar surface area (TPSA) is 52.3 Å². The number of halogens is 1. The van der Waals surface area contributed by atoms with Gasteiger partial charge >= 0.3 is 0 Å². The second-order valence-corrected chi connectivity index (χ2v) is 6.46. The summed E-state index contributed by atoms with van der Waals surface area (Å²) in [5, 5.41) is 0.530. The van der Waals surface area contributed by atoms with E-state index >= 15 is 0 Å². The fourth-order valence-electron chi connectivity index (χ4n) is 1.89. The number of benzene rings is 2. The molecule has 0 saturated carbocycles. The lowest BCUT2D eigenvalue weighted by Gasteiger charge is -2.08. The molecule has 0 radical (unpaired) electrons. The average Bonchev–Trinajstić information content (AvgIpc) is 2.49. The van der Waals surface area contributed by atoms with Crippen LogP contribution in [0.15, 0.2) is 53.4 Å². The molecule has 0 aliphatic rings. The molecule has 0 saturated heterocycles. The van der Waals surface area contributed by atoms with Gasteiger partial charge in [-0.3, -0.25) is 4.21 Å². The lowest BCUT2D eigenvalue weighted by atomic mass is 10.1.